The molecule has 3 N–H and O–H groups in total. The number of nitrogens with zero attached hydrogens (tertiary/aromatic N) is 3. The number of rotatable bonds is 5. The highest BCUT2D eigenvalue weighted by atomic mass is 35.5. The molecule has 8 rings (SSSR count). The number of carbonyl (C=O) groups excluding carboxylic acids is 1. The molecule has 13 heteroatoms. The Kier molecular flexibility index (Phi) is 8.70. The molecule has 1 spiro atoms. The molecule has 0 aromatic heterocycles. The van der Waals surface area contributed by atoms with E-state index in [0.717, 1.165) is 63.7 Å². The Hall–Kier alpha value is -3.61. The van der Waals surface area contributed by atoms with Crippen LogP contribution in [0, 0.1) is 11.2 Å². The average Bonchev–Trinajstić information content (AvgIpc) is 3.29. The summed E-state index contributed by atoms with van der Waals surface area (Å²) in [4.78, 5) is 31.8. The Morgan fingerprint density at radius 2 is 1.62 bits per heavy atom. The second-order valence-corrected chi connectivity index (χ2v) is 14.1. The zero-order valence-corrected chi connectivity index (χ0v) is 27.7. The highest BCUT2D eigenvalue weighted by Gasteiger charge is 2.44. The van der Waals surface area contributed by atoms with E-state index < -0.39 is 11.8 Å². The standard InChI is InChI=1S/C35H34Cl2FN3O6.H2O/c36-27-10-23(40-17-35(18-40)6-8-45-9-7-35)11-28(37)31(27)33(42)39-14-20-2-1-3-24(32(20)47-19-39)25-13-30(26(34(43)44)12-29(25)38)41-21-4-5-22(41)16-46-15-21;/h1-3,10-13,21-22H,4-9,14-19H2,(H,43,44);1H2. The summed E-state index contributed by atoms with van der Waals surface area (Å²) in [7, 11) is 0. The van der Waals surface area contributed by atoms with E-state index >= 15 is 4.39 Å². The average molecular weight is 701 g/mol. The summed E-state index contributed by atoms with van der Waals surface area (Å²) in [6.45, 7) is 4.49. The fraction of sp³-hybridized carbons (Fsp3) is 0.429. The van der Waals surface area contributed by atoms with E-state index in [1.807, 2.05) is 6.07 Å². The number of halogens is 3. The van der Waals surface area contributed by atoms with Gasteiger partial charge >= 0.3 is 5.97 Å². The molecular weight excluding hydrogens is 664 g/mol. The number of anilines is 2. The molecule has 4 fully saturated rings. The maximum Gasteiger partial charge on any atom is 0.337 e. The van der Waals surface area contributed by atoms with Gasteiger partial charge < -0.3 is 39.5 Å². The molecule has 3 aromatic rings. The van der Waals surface area contributed by atoms with Crippen LogP contribution in [0.4, 0.5) is 15.8 Å². The van der Waals surface area contributed by atoms with Crippen molar-refractivity contribution in [2.24, 2.45) is 5.41 Å². The molecule has 4 saturated heterocycles. The molecule has 2 bridgehead atoms. The maximum atomic E-state index is 15.7. The first kappa shape index (κ1) is 32.9. The van der Waals surface area contributed by atoms with E-state index in [-0.39, 0.29) is 68.9 Å². The van der Waals surface area contributed by atoms with Crippen molar-refractivity contribution in [3.05, 3.63) is 75.0 Å². The van der Waals surface area contributed by atoms with Crippen LogP contribution in [0.15, 0.2) is 42.5 Å². The van der Waals surface area contributed by atoms with Crippen molar-refractivity contribution < 1.29 is 38.8 Å². The molecule has 5 heterocycles. The van der Waals surface area contributed by atoms with Gasteiger partial charge in [-0.25, -0.2) is 9.18 Å². The fourth-order valence-corrected chi connectivity index (χ4v) is 8.60. The molecule has 0 aliphatic carbocycles. The van der Waals surface area contributed by atoms with E-state index in [0.29, 0.717) is 35.8 Å². The van der Waals surface area contributed by atoms with Gasteiger partial charge in [0.05, 0.1) is 58.7 Å². The monoisotopic (exact) mass is 699 g/mol. The van der Waals surface area contributed by atoms with Crippen molar-refractivity contribution in [1.82, 2.24) is 4.90 Å². The summed E-state index contributed by atoms with van der Waals surface area (Å²) in [6, 6.07) is 11.7. The summed E-state index contributed by atoms with van der Waals surface area (Å²) in [5, 5.41) is 10.5. The third-order valence-electron chi connectivity index (χ3n) is 10.4. The van der Waals surface area contributed by atoms with Gasteiger partial charge in [0.1, 0.15) is 11.6 Å². The fourth-order valence-electron chi connectivity index (χ4n) is 7.96. The maximum absolute atomic E-state index is 15.7. The van der Waals surface area contributed by atoms with Crippen LogP contribution in [0.5, 0.6) is 5.75 Å². The lowest BCUT2D eigenvalue weighted by Gasteiger charge is -2.53. The molecule has 5 aliphatic rings. The van der Waals surface area contributed by atoms with Crippen molar-refractivity contribution in [2.75, 3.05) is 56.0 Å². The summed E-state index contributed by atoms with van der Waals surface area (Å²) in [5.74, 6) is -1.77. The van der Waals surface area contributed by atoms with Gasteiger partial charge in [-0.2, -0.15) is 0 Å². The minimum absolute atomic E-state index is 0. The predicted molar refractivity (Wildman–Crippen MR) is 179 cm³/mol. The molecule has 0 saturated carbocycles. The third kappa shape index (κ3) is 5.55. The van der Waals surface area contributed by atoms with Gasteiger partial charge in [-0.1, -0.05) is 41.4 Å². The normalized spacial score (nSPS) is 22.4. The van der Waals surface area contributed by atoms with Crippen LogP contribution < -0.4 is 14.5 Å². The highest BCUT2D eigenvalue weighted by Crippen LogP contribution is 2.45. The van der Waals surface area contributed by atoms with E-state index in [1.165, 1.54) is 4.90 Å². The molecule has 10 nitrogen and oxygen atoms in total. The lowest BCUT2D eigenvalue weighted by molar-refractivity contribution is -0.000201. The van der Waals surface area contributed by atoms with Gasteiger partial charge in [0.15, 0.2) is 6.73 Å². The molecule has 5 aliphatic heterocycles. The largest absolute Gasteiger partial charge is 0.478 e. The van der Waals surface area contributed by atoms with Gasteiger partial charge in [0.25, 0.3) is 5.91 Å². The molecule has 2 atom stereocenters. The summed E-state index contributed by atoms with van der Waals surface area (Å²) in [6.07, 6.45) is 3.84. The summed E-state index contributed by atoms with van der Waals surface area (Å²) in [5.41, 5.74) is 3.18. The zero-order chi connectivity index (χ0) is 32.4. The Morgan fingerprint density at radius 3 is 2.29 bits per heavy atom. The van der Waals surface area contributed by atoms with Crippen LogP contribution in [0.2, 0.25) is 10.0 Å². The molecular formula is C35H36Cl2FN3O7. The van der Waals surface area contributed by atoms with Crippen LogP contribution in [0.1, 0.15) is 52.0 Å². The van der Waals surface area contributed by atoms with Crippen LogP contribution >= 0.6 is 23.2 Å². The Labute approximate surface area is 287 Å². The van der Waals surface area contributed by atoms with Gasteiger partial charge in [0.2, 0.25) is 0 Å². The molecule has 2 unspecified atom stereocenters. The minimum Gasteiger partial charge on any atom is -0.478 e. The number of carboxylic acids is 1. The topological polar surface area (TPSA) is 123 Å². The lowest BCUT2D eigenvalue weighted by atomic mass is 9.73. The van der Waals surface area contributed by atoms with Crippen LogP contribution in [-0.4, -0.2) is 85.7 Å². The van der Waals surface area contributed by atoms with E-state index in [4.69, 9.17) is 37.4 Å². The van der Waals surface area contributed by atoms with Gasteiger partial charge in [-0.05, 0) is 49.9 Å². The smallest absolute Gasteiger partial charge is 0.337 e. The Balaban J connectivity index is 0.00000364. The van der Waals surface area contributed by atoms with Gasteiger partial charge in [-0.15, -0.1) is 0 Å². The number of hydrogen-bond acceptors (Lipinski definition) is 7. The van der Waals surface area contributed by atoms with Crippen molar-refractivity contribution in [1.29, 1.82) is 0 Å². The van der Waals surface area contributed by atoms with Crippen molar-refractivity contribution in [3.8, 4) is 16.9 Å². The number of carboxylic acid groups (broad SMARTS) is 1. The number of amides is 1. The second-order valence-electron chi connectivity index (χ2n) is 13.3. The highest BCUT2D eigenvalue weighted by molar-refractivity contribution is 6.40. The number of ether oxygens (including phenoxy) is 3. The van der Waals surface area contributed by atoms with E-state index in [2.05, 4.69) is 9.80 Å². The van der Waals surface area contributed by atoms with Crippen LogP contribution in [0.25, 0.3) is 11.1 Å². The SMILES string of the molecule is O.O=C(O)c1cc(F)c(-c2cccc3c2OCN(C(=O)c2c(Cl)cc(N4CC5(CCOCC5)C4)cc2Cl)C3)cc1N1C2CCC1COC2. The zero-order valence-electron chi connectivity index (χ0n) is 26.1. The quantitative estimate of drug-likeness (QED) is 0.363. The number of aromatic carboxylic acids is 1. The first-order valence-corrected chi connectivity index (χ1v) is 16.8. The minimum atomic E-state index is -1.18. The van der Waals surface area contributed by atoms with E-state index in [9.17, 15) is 14.7 Å². The number of fused-ring (bicyclic) bond motifs is 3. The van der Waals surface area contributed by atoms with Crippen molar-refractivity contribution >= 4 is 46.5 Å². The first-order valence-electron chi connectivity index (χ1n) is 16.0. The second kappa shape index (κ2) is 12.7. The van der Waals surface area contributed by atoms with Crippen LogP contribution in [-0.2, 0) is 16.0 Å². The number of benzene rings is 3. The first-order chi connectivity index (χ1) is 22.7. The molecule has 254 valence electrons. The lowest BCUT2D eigenvalue weighted by Crippen LogP contribution is -2.58. The van der Waals surface area contributed by atoms with Crippen molar-refractivity contribution in [3.63, 3.8) is 0 Å². The number of carbonyl (C=O) groups is 2. The number of para-hydroxylation sites is 1. The van der Waals surface area contributed by atoms with Gasteiger partial charge in [-0.3, -0.25) is 4.79 Å². The molecule has 0 radical (unpaired) electrons. The Bertz CT molecular complexity index is 1740. The van der Waals surface area contributed by atoms with Crippen LogP contribution in [0.3, 0.4) is 0 Å². The Morgan fingerprint density at radius 1 is 0.938 bits per heavy atom. The third-order valence-corrected chi connectivity index (χ3v) is 11.0. The molecule has 3 aromatic carbocycles. The summed E-state index contributed by atoms with van der Waals surface area (Å²) >= 11 is 13.4. The number of morpholine rings is 1. The van der Waals surface area contributed by atoms with Gasteiger partial charge in [0, 0.05) is 54.1 Å². The number of hydrogen-bond donors (Lipinski definition) is 1. The molecule has 1 amide bonds. The van der Waals surface area contributed by atoms with E-state index in [1.54, 1.807) is 30.3 Å². The van der Waals surface area contributed by atoms with Crippen molar-refractivity contribution in [2.45, 2.75) is 44.3 Å². The molecule has 48 heavy (non-hydrogen) atoms. The predicted octanol–water partition coefficient (Wildman–Crippen LogP) is 5.65. The summed E-state index contributed by atoms with van der Waals surface area (Å²) < 4.78 is 33.1.